The number of hydrogen-bond donors (Lipinski definition) is 0. The van der Waals surface area contributed by atoms with Crippen molar-refractivity contribution in [3.8, 4) is 0 Å². The van der Waals surface area contributed by atoms with E-state index in [2.05, 4.69) is 25.0 Å². The van der Waals surface area contributed by atoms with E-state index in [0.717, 1.165) is 6.42 Å². The zero-order chi connectivity index (χ0) is 5.66. The standard InChI is InChI=1S/C8H12.U.V/c1-2-4-6-8-7-5-3-1;;/h1-2,5,8H,3-4,6-7H2;;/q-2;;/b2-1+;;. The van der Waals surface area contributed by atoms with E-state index in [4.69, 9.17) is 0 Å². The molecule has 0 aliphatic heterocycles. The van der Waals surface area contributed by atoms with Gasteiger partial charge in [-0.3, -0.25) is 0 Å². The summed E-state index contributed by atoms with van der Waals surface area (Å²) >= 11 is 0. The Balaban J connectivity index is 0. The summed E-state index contributed by atoms with van der Waals surface area (Å²) in [5.74, 6) is 0. The quantitative estimate of drug-likeness (QED) is 0.436. The Morgan fingerprint density at radius 3 is 2.70 bits per heavy atom. The topological polar surface area (TPSA) is 0 Å². The molecule has 0 unspecified atom stereocenters. The summed E-state index contributed by atoms with van der Waals surface area (Å²) in [4.78, 5) is 0. The van der Waals surface area contributed by atoms with E-state index in [1.165, 1.54) is 19.3 Å². The van der Waals surface area contributed by atoms with Crippen LogP contribution in [0.25, 0.3) is 0 Å². The van der Waals surface area contributed by atoms with Crippen LogP contribution in [-0.2, 0) is 18.6 Å². The van der Waals surface area contributed by atoms with Gasteiger partial charge in [-0.25, -0.2) is 0 Å². The number of rotatable bonds is 0. The van der Waals surface area contributed by atoms with E-state index in [0.29, 0.717) is 0 Å². The molecular formula is C8H12UV-2. The van der Waals surface area contributed by atoms with Gasteiger partial charge in [-0.1, -0.05) is 12.5 Å². The van der Waals surface area contributed by atoms with Crippen molar-refractivity contribution in [2.24, 2.45) is 0 Å². The monoisotopic (exact) mass is 397 g/mol. The van der Waals surface area contributed by atoms with Crippen molar-refractivity contribution >= 4 is 0 Å². The summed E-state index contributed by atoms with van der Waals surface area (Å²) in [6.07, 6.45) is 14.0. The minimum atomic E-state index is 0. The molecule has 1 radical (unpaired) electrons. The van der Waals surface area contributed by atoms with Crippen molar-refractivity contribution < 1.29 is 49.7 Å². The van der Waals surface area contributed by atoms with Crippen LogP contribution in [0.15, 0.2) is 12.2 Å². The summed E-state index contributed by atoms with van der Waals surface area (Å²) in [6, 6.07) is 0. The third kappa shape index (κ3) is 7.48. The molecule has 0 aromatic carbocycles. The van der Waals surface area contributed by atoms with Gasteiger partial charge in [-0.05, 0) is 0 Å². The van der Waals surface area contributed by atoms with Crippen LogP contribution in [0, 0.1) is 44.0 Å². The van der Waals surface area contributed by atoms with Gasteiger partial charge in [0, 0.05) is 49.7 Å². The Kier molecular flexibility index (Phi) is 14.5. The molecule has 0 spiro atoms. The van der Waals surface area contributed by atoms with E-state index in [-0.39, 0.29) is 49.7 Å². The van der Waals surface area contributed by atoms with Gasteiger partial charge in [0.1, 0.15) is 0 Å². The average molecular weight is 397 g/mol. The summed E-state index contributed by atoms with van der Waals surface area (Å²) in [7, 11) is 0. The third-order valence-corrected chi connectivity index (χ3v) is 1.34. The fourth-order valence-corrected chi connectivity index (χ4v) is 0.856. The first-order chi connectivity index (χ1) is 4.00. The zero-order valence-corrected chi connectivity index (χ0v) is 11.6. The minimum absolute atomic E-state index is 0. The minimum Gasteiger partial charge on any atom is -0.357 e. The molecule has 2 heteroatoms. The van der Waals surface area contributed by atoms with Crippen LogP contribution in [0.4, 0.5) is 0 Å². The maximum absolute atomic E-state index is 2.34. The molecule has 55 valence electrons. The Bertz CT molecular complexity index is 71.3. The molecule has 0 bridgehead atoms. The van der Waals surface area contributed by atoms with Crippen molar-refractivity contribution in [3.63, 3.8) is 0 Å². The van der Waals surface area contributed by atoms with E-state index in [1.807, 2.05) is 0 Å². The Morgan fingerprint density at radius 1 is 1.10 bits per heavy atom. The van der Waals surface area contributed by atoms with Gasteiger partial charge in [0.05, 0.1) is 0 Å². The molecule has 0 saturated carbocycles. The molecule has 0 heterocycles. The summed E-state index contributed by atoms with van der Waals surface area (Å²) < 4.78 is 0. The fraction of sp³-hybridized carbons (Fsp3) is 0.500. The van der Waals surface area contributed by atoms with E-state index in [1.54, 1.807) is 0 Å². The van der Waals surface area contributed by atoms with Gasteiger partial charge < -0.3 is 19.3 Å². The maximum atomic E-state index is 2.34. The number of allylic oxidation sites excluding steroid dienone is 2. The fourth-order valence-electron chi connectivity index (χ4n) is 0.856. The van der Waals surface area contributed by atoms with Crippen LogP contribution in [-0.4, -0.2) is 0 Å². The van der Waals surface area contributed by atoms with Gasteiger partial charge in [-0.15, -0.1) is 6.08 Å². The van der Waals surface area contributed by atoms with E-state index < -0.39 is 0 Å². The summed E-state index contributed by atoms with van der Waals surface area (Å²) in [5.41, 5.74) is 0. The molecule has 0 nitrogen and oxygen atoms in total. The zero-order valence-electron chi connectivity index (χ0n) is 6.09. The Morgan fingerprint density at radius 2 is 1.90 bits per heavy atom. The molecule has 0 fully saturated rings. The van der Waals surface area contributed by atoms with Crippen LogP contribution in [0.5, 0.6) is 0 Å². The third-order valence-electron chi connectivity index (χ3n) is 1.34. The van der Waals surface area contributed by atoms with Gasteiger partial charge >= 0.3 is 0 Å². The SMILES string of the molecule is C1=C/CC[CH-]C[CH-]C/1.[U].[V]. The molecule has 0 N–H and O–H groups in total. The first-order valence-electron chi connectivity index (χ1n) is 3.28. The van der Waals surface area contributed by atoms with Crippen LogP contribution in [0.2, 0.25) is 0 Å². The van der Waals surface area contributed by atoms with Crippen molar-refractivity contribution in [1.82, 2.24) is 0 Å². The van der Waals surface area contributed by atoms with Gasteiger partial charge in [0.25, 0.3) is 0 Å². The molecule has 0 amide bonds. The van der Waals surface area contributed by atoms with Crippen molar-refractivity contribution in [2.45, 2.75) is 25.7 Å². The molecule has 1 aliphatic carbocycles. The molecule has 0 aromatic heterocycles. The molecule has 1 aliphatic rings. The van der Waals surface area contributed by atoms with E-state index in [9.17, 15) is 0 Å². The number of hydrogen-bond acceptors (Lipinski definition) is 0. The van der Waals surface area contributed by atoms with Crippen LogP contribution < -0.4 is 0 Å². The summed E-state index contributed by atoms with van der Waals surface area (Å²) in [6.45, 7) is 0. The van der Waals surface area contributed by atoms with E-state index >= 15 is 0 Å². The van der Waals surface area contributed by atoms with Gasteiger partial charge in [0.15, 0.2) is 0 Å². The first kappa shape index (κ1) is 13.9. The second kappa shape index (κ2) is 10.4. The van der Waals surface area contributed by atoms with Crippen LogP contribution >= 0.6 is 0 Å². The van der Waals surface area contributed by atoms with Crippen molar-refractivity contribution in [1.29, 1.82) is 0 Å². The van der Waals surface area contributed by atoms with Crippen molar-refractivity contribution in [3.05, 3.63) is 25.0 Å². The first-order valence-corrected chi connectivity index (χ1v) is 3.28. The molecule has 0 aromatic rings. The van der Waals surface area contributed by atoms with Crippen LogP contribution in [0.3, 0.4) is 0 Å². The molecule has 1 rings (SSSR count). The molecular weight excluding hydrogens is 385 g/mol. The predicted octanol–water partition coefficient (Wildman–Crippen LogP) is 2.52. The Labute approximate surface area is 99.5 Å². The smallest absolute Gasteiger partial charge is 0 e. The molecule has 0 atom stereocenters. The van der Waals surface area contributed by atoms with Gasteiger partial charge in [-0.2, -0.15) is 12.8 Å². The second-order valence-corrected chi connectivity index (χ2v) is 2.10. The van der Waals surface area contributed by atoms with Crippen LogP contribution in [0.1, 0.15) is 25.7 Å². The second-order valence-electron chi connectivity index (χ2n) is 2.10. The van der Waals surface area contributed by atoms with Gasteiger partial charge in [0.2, 0.25) is 0 Å². The average Bonchev–Trinajstić information content (AvgIpc) is 1.62. The largest absolute Gasteiger partial charge is 0.357 e. The van der Waals surface area contributed by atoms with Crippen molar-refractivity contribution in [2.75, 3.05) is 0 Å². The molecule has 10 heavy (non-hydrogen) atoms. The maximum Gasteiger partial charge on any atom is 0 e. The summed E-state index contributed by atoms with van der Waals surface area (Å²) in [5, 5.41) is 0. The predicted molar refractivity (Wildman–Crippen MR) is 36.2 cm³/mol. The normalized spacial score (nSPS) is 20.8. The Hall–Kier alpha value is 1.38. The molecule has 0 saturated heterocycles.